The summed E-state index contributed by atoms with van der Waals surface area (Å²) in [7, 11) is 0. The number of fused-ring (bicyclic) bond motifs is 1. The molecule has 3 aromatic heterocycles. The molecule has 0 saturated carbocycles. The molecule has 0 aliphatic rings. The first kappa shape index (κ1) is 15.1. The van der Waals surface area contributed by atoms with Gasteiger partial charge in [-0.05, 0) is 49.4 Å². The Bertz CT molecular complexity index is 994. The number of nitrogens with zero attached hydrogens (tertiary/aromatic N) is 4. The monoisotopic (exact) mass is 331 g/mol. The van der Waals surface area contributed by atoms with E-state index in [2.05, 4.69) is 20.3 Å². The minimum absolute atomic E-state index is 0.535. The van der Waals surface area contributed by atoms with Crippen LogP contribution in [0.4, 0.5) is 11.6 Å². The molecule has 0 aliphatic carbocycles. The number of imidazole rings is 1. The molecule has 0 spiro atoms. The van der Waals surface area contributed by atoms with Gasteiger partial charge in [-0.25, -0.2) is 15.0 Å². The second-order valence-electron chi connectivity index (χ2n) is 5.42. The molecule has 1 aromatic carbocycles. The third-order valence-electron chi connectivity index (χ3n) is 3.76. The first-order valence-corrected chi connectivity index (χ1v) is 8.09. The predicted molar refractivity (Wildman–Crippen MR) is 97.1 cm³/mol. The Morgan fingerprint density at radius 1 is 1.04 bits per heavy atom. The molecule has 1 N–H and O–H groups in total. The van der Waals surface area contributed by atoms with E-state index in [1.807, 2.05) is 72.2 Å². The minimum atomic E-state index is 0.535. The van der Waals surface area contributed by atoms with E-state index in [0.29, 0.717) is 12.6 Å². The quantitative estimate of drug-likeness (QED) is 0.600. The smallest absolute Gasteiger partial charge is 0.227 e. The zero-order valence-electron chi connectivity index (χ0n) is 13.8. The number of hydrogen-bond donors (Lipinski definition) is 1. The van der Waals surface area contributed by atoms with Crippen molar-refractivity contribution in [2.75, 3.05) is 11.9 Å². The molecular weight excluding hydrogens is 314 g/mol. The minimum Gasteiger partial charge on any atom is -0.494 e. The molecule has 0 bridgehead atoms. The van der Waals surface area contributed by atoms with Crippen LogP contribution in [-0.4, -0.2) is 26.0 Å². The molecule has 0 amide bonds. The number of benzene rings is 1. The van der Waals surface area contributed by atoms with Crippen molar-refractivity contribution >= 4 is 17.3 Å². The summed E-state index contributed by atoms with van der Waals surface area (Å²) in [4.78, 5) is 13.3. The molecule has 0 unspecified atom stereocenters. The van der Waals surface area contributed by atoms with E-state index in [9.17, 15) is 0 Å². The van der Waals surface area contributed by atoms with Gasteiger partial charge in [0.25, 0.3) is 0 Å². The highest BCUT2D eigenvalue weighted by atomic mass is 16.5. The Morgan fingerprint density at radius 2 is 1.92 bits per heavy atom. The van der Waals surface area contributed by atoms with Gasteiger partial charge in [0, 0.05) is 18.1 Å². The van der Waals surface area contributed by atoms with Crippen molar-refractivity contribution in [1.29, 1.82) is 0 Å². The third kappa shape index (κ3) is 3.14. The molecule has 0 aliphatic heterocycles. The predicted octanol–water partition coefficient (Wildman–Crippen LogP) is 3.93. The molecule has 0 radical (unpaired) electrons. The summed E-state index contributed by atoms with van der Waals surface area (Å²) in [5.41, 5.74) is 3.52. The average Bonchev–Trinajstić information content (AvgIpc) is 3.08. The number of anilines is 2. The Balaban J connectivity index is 1.61. The highest BCUT2D eigenvalue weighted by molar-refractivity contribution is 5.62. The van der Waals surface area contributed by atoms with E-state index in [0.717, 1.165) is 28.5 Å². The van der Waals surface area contributed by atoms with Crippen molar-refractivity contribution in [3.8, 4) is 17.1 Å². The molecule has 25 heavy (non-hydrogen) atoms. The summed E-state index contributed by atoms with van der Waals surface area (Å²) in [6.07, 6.45) is 5.53. The first-order chi connectivity index (χ1) is 12.3. The van der Waals surface area contributed by atoms with Gasteiger partial charge in [-0.3, -0.25) is 4.40 Å². The standard InChI is InChI=1S/C19H17N5O/c1-2-25-15-8-6-14(7-9-15)22-19-20-11-10-16(23-19)17-13-21-18-5-3-4-12-24(17)18/h3-13H,2H2,1H3,(H,20,22,23). The third-order valence-corrected chi connectivity index (χ3v) is 3.76. The zero-order chi connectivity index (χ0) is 17.1. The van der Waals surface area contributed by atoms with Crippen molar-refractivity contribution in [3.05, 3.63) is 67.1 Å². The fraction of sp³-hybridized carbons (Fsp3) is 0.105. The number of pyridine rings is 1. The van der Waals surface area contributed by atoms with Crippen LogP contribution in [-0.2, 0) is 0 Å². The number of ether oxygens (including phenoxy) is 1. The van der Waals surface area contributed by atoms with Gasteiger partial charge >= 0.3 is 0 Å². The summed E-state index contributed by atoms with van der Waals surface area (Å²) < 4.78 is 7.45. The van der Waals surface area contributed by atoms with Crippen molar-refractivity contribution in [2.24, 2.45) is 0 Å². The normalized spacial score (nSPS) is 10.8. The summed E-state index contributed by atoms with van der Waals surface area (Å²) in [6.45, 7) is 2.61. The summed E-state index contributed by atoms with van der Waals surface area (Å²) in [5, 5.41) is 3.22. The van der Waals surface area contributed by atoms with Crippen molar-refractivity contribution in [3.63, 3.8) is 0 Å². The van der Waals surface area contributed by atoms with E-state index in [-0.39, 0.29) is 0 Å². The molecule has 6 heteroatoms. The lowest BCUT2D eigenvalue weighted by atomic mass is 10.3. The number of hydrogen-bond acceptors (Lipinski definition) is 5. The van der Waals surface area contributed by atoms with Gasteiger partial charge in [-0.1, -0.05) is 6.07 Å². The fourth-order valence-corrected chi connectivity index (χ4v) is 2.61. The van der Waals surface area contributed by atoms with Gasteiger partial charge < -0.3 is 10.1 Å². The van der Waals surface area contributed by atoms with Crippen LogP contribution in [0.15, 0.2) is 67.1 Å². The molecule has 4 rings (SSSR count). The Labute approximate surface area is 145 Å². The van der Waals surface area contributed by atoms with Gasteiger partial charge in [0.2, 0.25) is 5.95 Å². The van der Waals surface area contributed by atoms with Crippen LogP contribution in [0.3, 0.4) is 0 Å². The lowest BCUT2D eigenvalue weighted by Crippen LogP contribution is -1.99. The van der Waals surface area contributed by atoms with E-state index >= 15 is 0 Å². The molecule has 124 valence electrons. The maximum absolute atomic E-state index is 5.45. The van der Waals surface area contributed by atoms with Crippen LogP contribution in [0.5, 0.6) is 5.75 Å². The second kappa shape index (κ2) is 6.60. The van der Waals surface area contributed by atoms with Crippen molar-refractivity contribution in [2.45, 2.75) is 6.92 Å². The zero-order valence-corrected chi connectivity index (χ0v) is 13.8. The molecule has 6 nitrogen and oxygen atoms in total. The van der Waals surface area contributed by atoms with E-state index < -0.39 is 0 Å². The van der Waals surface area contributed by atoms with Crippen LogP contribution in [0, 0.1) is 0 Å². The topological polar surface area (TPSA) is 64.3 Å². The number of aromatic nitrogens is 4. The van der Waals surface area contributed by atoms with Crippen molar-refractivity contribution in [1.82, 2.24) is 19.4 Å². The number of rotatable bonds is 5. The highest BCUT2D eigenvalue weighted by Crippen LogP contribution is 2.22. The largest absolute Gasteiger partial charge is 0.494 e. The maximum atomic E-state index is 5.45. The van der Waals surface area contributed by atoms with Crippen LogP contribution in [0.1, 0.15) is 6.92 Å². The summed E-state index contributed by atoms with van der Waals surface area (Å²) in [6, 6.07) is 15.5. The lowest BCUT2D eigenvalue weighted by molar-refractivity contribution is 0.340. The van der Waals surface area contributed by atoms with Gasteiger partial charge in [0.1, 0.15) is 11.4 Å². The first-order valence-electron chi connectivity index (χ1n) is 8.09. The molecule has 3 heterocycles. The fourth-order valence-electron chi connectivity index (χ4n) is 2.61. The van der Waals surface area contributed by atoms with Crippen LogP contribution < -0.4 is 10.1 Å². The van der Waals surface area contributed by atoms with Gasteiger partial charge in [0.15, 0.2) is 0 Å². The highest BCUT2D eigenvalue weighted by Gasteiger charge is 2.08. The van der Waals surface area contributed by atoms with E-state index in [1.165, 1.54) is 0 Å². The summed E-state index contributed by atoms with van der Waals surface area (Å²) >= 11 is 0. The van der Waals surface area contributed by atoms with Gasteiger partial charge in [-0.15, -0.1) is 0 Å². The summed E-state index contributed by atoms with van der Waals surface area (Å²) in [5.74, 6) is 1.38. The van der Waals surface area contributed by atoms with Crippen LogP contribution >= 0.6 is 0 Å². The van der Waals surface area contributed by atoms with Gasteiger partial charge in [-0.2, -0.15) is 0 Å². The molecule has 0 fully saturated rings. The molecule has 4 aromatic rings. The second-order valence-corrected chi connectivity index (χ2v) is 5.42. The molecule has 0 atom stereocenters. The molecule has 0 saturated heterocycles. The average molecular weight is 331 g/mol. The molecular formula is C19H17N5O. The van der Waals surface area contributed by atoms with Crippen molar-refractivity contribution < 1.29 is 4.74 Å². The van der Waals surface area contributed by atoms with Crippen LogP contribution in [0.25, 0.3) is 17.0 Å². The SMILES string of the molecule is CCOc1ccc(Nc2nccc(-c3cnc4ccccn34)n2)cc1. The van der Waals surface area contributed by atoms with Crippen LogP contribution in [0.2, 0.25) is 0 Å². The van der Waals surface area contributed by atoms with E-state index in [4.69, 9.17) is 4.74 Å². The Morgan fingerprint density at radius 3 is 2.76 bits per heavy atom. The van der Waals surface area contributed by atoms with Gasteiger partial charge in [0.05, 0.1) is 24.2 Å². The van der Waals surface area contributed by atoms with E-state index in [1.54, 1.807) is 6.20 Å². The Kier molecular flexibility index (Phi) is 4.00. The number of nitrogens with one attached hydrogen (secondary N) is 1. The maximum Gasteiger partial charge on any atom is 0.227 e. The Hall–Kier alpha value is -3.41. The lowest BCUT2D eigenvalue weighted by Gasteiger charge is -2.08.